The second kappa shape index (κ2) is 11.4. The summed E-state index contributed by atoms with van der Waals surface area (Å²) >= 11 is 0. The van der Waals surface area contributed by atoms with Gasteiger partial charge in [-0.05, 0) is 68.0 Å². The van der Waals surface area contributed by atoms with Crippen molar-refractivity contribution in [1.82, 2.24) is 19.9 Å². The topological polar surface area (TPSA) is 52.8 Å². The van der Waals surface area contributed by atoms with Crippen LogP contribution in [-0.4, -0.2) is 15.0 Å². The second-order valence-corrected chi connectivity index (χ2v) is 10.0. The fourth-order valence-corrected chi connectivity index (χ4v) is 4.25. The van der Waals surface area contributed by atoms with Crippen molar-refractivity contribution in [1.29, 1.82) is 0 Å². The summed E-state index contributed by atoms with van der Waals surface area (Å²) in [5.74, 6) is 0.848. The molecule has 0 amide bonds. The maximum absolute atomic E-state index is 4.94. The zero-order valence-corrected chi connectivity index (χ0v) is 23.4. The maximum Gasteiger partial charge on any atom is 1.00 e. The first-order chi connectivity index (χ1) is 16.6. The number of rotatable bonds is 3. The second-order valence-electron chi connectivity index (χ2n) is 10.0. The minimum absolute atomic E-state index is 0. The Hall–Kier alpha value is -3.01. The molecule has 0 saturated heterocycles. The van der Waals surface area contributed by atoms with E-state index in [0.717, 1.165) is 45.2 Å². The Morgan fingerprint density at radius 1 is 0.639 bits per heavy atom. The van der Waals surface area contributed by atoms with Crippen molar-refractivity contribution in [3.05, 3.63) is 88.5 Å². The molecule has 0 radical (unpaired) electrons. The Morgan fingerprint density at radius 3 is 1.58 bits per heavy atom. The van der Waals surface area contributed by atoms with Crippen molar-refractivity contribution in [2.24, 2.45) is 0 Å². The first kappa shape index (κ1) is 27.6. The summed E-state index contributed by atoms with van der Waals surface area (Å²) in [5.41, 5.74) is 10.9. The summed E-state index contributed by atoms with van der Waals surface area (Å²) in [6.45, 7) is 17.1. The van der Waals surface area contributed by atoms with E-state index in [1.165, 1.54) is 21.9 Å². The van der Waals surface area contributed by atoms with Crippen molar-refractivity contribution in [3.8, 4) is 11.4 Å². The van der Waals surface area contributed by atoms with Crippen LogP contribution in [-0.2, 0) is 17.1 Å². The van der Waals surface area contributed by atoms with Crippen LogP contribution in [0.4, 0.5) is 0 Å². The molecule has 190 valence electrons. The van der Waals surface area contributed by atoms with Gasteiger partial charge in [-0.2, -0.15) is 5.69 Å². The summed E-state index contributed by atoms with van der Waals surface area (Å²) in [6.07, 6.45) is 0. The Bertz CT molecular complexity index is 1430. The van der Waals surface area contributed by atoms with Gasteiger partial charge in [0, 0.05) is 33.5 Å². The molecule has 0 N–H and O–H groups in total. The van der Waals surface area contributed by atoms with Crippen molar-refractivity contribution >= 4 is 21.8 Å². The van der Waals surface area contributed by atoms with Gasteiger partial charge >= 0.3 is 17.1 Å². The van der Waals surface area contributed by atoms with Crippen molar-refractivity contribution in [2.45, 2.75) is 67.2 Å². The molecule has 4 nitrogen and oxygen atoms in total. The summed E-state index contributed by atoms with van der Waals surface area (Å²) < 4.78 is 0. The molecule has 0 aliphatic rings. The molecule has 4 heterocycles. The largest absolute Gasteiger partial charge is 1.00 e. The fraction of sp³-hybridized carbons (Fsp3) is 0.323. The zero-order chi connectivity index (χ0) is 25.3. The molecular weight excluding hydrogens is 492 g/mol. The fourth-order valence-electron chi connectivity index (χ4n) is 4.25. The normalized spacial score (nSPS) is 11.1. The number of aryl methyl sites for hydroxylation is 4. The zero-order valence-electron chi connectivity index (χ0n) is 22.4. The summed E-state index contributed by atoms with van der Waals surface area (Å²) in [7, 11) is 0. The summed E-state index contributed by atoms with van der Waals surface area (Å²) in [4.78, 5) is 18.6. The smallest absolute Gasteiger partial charge is 0.660 e. The molecule has 0 fully saturated rings. The van der Waals surface area contributed by atoms with Gasteiger partial charge in [0.1, 0.15) is 0 Å². The van der Waals surface area contributed by atoms with Crippen LogP contribution in [0.5, 0.6) is 0 Å². The van der Waals surface area contributed by atoms with Crippen LogP contribution in [0.3, 0.4) is 0 Å². The van der Waals surface area contributed by atoms with Crippen LogP contribution in [0.25, 0.3) is 33.2 Å². The molecule has 5 aromatic rings. The van der Waals surface area contributed by atoms with E-state index in [1.54, 1.807) is 0 Å². The molecule has 0 aliphatic heterocycles. The van der Waals surface area contributed by atoms with Crippen LogP contribution < -0.4 is 4.98 Å². The van der Waals surface area contributed by atoms with Crippen molar-refractivity contribution in [3.63, 3.8) is 0 Å². The molecular formula is C31H35CuN4. The molecule has 5 heteroatoms. The minimum atomic E-state index is 0. The molecule has 1 aromatic carbocycles. The van der Waals surface area contributed by atoms with Gasteiger partial charge in [-0.3, -0.25) is 15.0 Å². The van der Waals surface area contributed by atoms with E-state index in [2.05, 4.69) is 75.8 Å². The minimum Gasteiger partial charge on any atom is -0.660 e. The molecule has 5 rings (SSSR count). The van der Waals surface area contributed by atoms with E-state index in [0.29, 0.717) is 11.8 Å². The number of benzene rings is 1. The SMILES string of the molecule is Cc1cc(C(C)C)nc2c1ccc1c(C)cc(C(C)C)nc12.Cc1cccc(-c2ccc(C)[n-]2)n1.[Cu+]. The Labute approximate surface area is 225 Å². The average Bonchev–Trinajstić information content (AvgIpc) is 3.25. The Morgan fingerprint density at radius 2 is 1.17 bits per heavy atom. The molecule has 36 heavy (non-hydrogen) atoms. The van der Waals surface area contributed by atoms with E-state index < -0.39 is 0 Å². The van der Waals surface area contributed by atoms with Crippen molar-refractivity contribution < 1.29 is 17.1 Å². The molecule has 0 unspecified atom stereocenters. The van der Waals surface area contributed by atoms with Gasteiger partial charge in [0.15, 0.2) is 0 Å². The van der Waals surface area contributed by atoms with Crippen LogP contribution in [0.15, 0.2) is 54.6 Å². The first-order valence-electron chi connectivity index (χ1n) is 12.4. The number of aromatic nitrogens is 4. The van der Waals surface area contributed by atoms with Crippen LogP contribution >= 0.6 is 0 Å². The van der Waals surface area contributed by atoms with E-state index >= 15 is 0 Å². The molecule has 0 atom stereocenters. The number of hydrogen-bond acceptors (Lipinski definition) is 3. The first-order valence-corrected chi connectivity index (χ1v) is 12.4. The number of pyridine rings is 3. The van der Waals surface area contributed by atoms with Gasteiger partial charge in [0.2, 0.25) is 0 Å². The van der Waals surface area contributed by atoms with E-state index in [9.17, 15) is 0 Å². The van der Waals surface area contributed by atoms with Gasteiger partial charge in [-0.1, -0.05) is 65.0 Å². The van der Waals surface area contributed by atoms with E-state index in [1.807, 2.05) is 44.2 Å². The number of nitrogens with zero attached hydrogens (tertiary/aromatic N) is 4. The molecule has 0 saturated carbocycles. The quantitative estimate of drug-likeness (QED) is 0.177. The number of fused-ring (bicyclic) bond motifs is 3. The van der Waals surface area contributed by atoms with Gasteiger partial charge in [-0.15, -0.1) is 5.69 Å². The monoisotopic (exact) mass is 526 g/mol. The van der Waals surface area contributed by atoms with Crippen molar-refractivity contribution in [2.75, 3.05) is 0 Å². The van der Waals surface area contributed by atoms with Gasteiger partial charge < -0.3 is 4.98 Å². The van der Waals surface area contributed by atoms with Gasteiger partial charge in [0.05, 0.1) is 11.0 Å². The van der Waals surface area contributed by atoms with Crippen LogP contribution in [0.1, 0.15) is 73.4 Å². The Kier molecular flexibility index (Phi) is 8.71. The maximum atomic E-state index is 4.94. The predicted molar refractivity (Wildman–Crippen MR) is 147 cm³/mol. The predicted octanol–water partition coefficient (Wildman–Crippen LogP) is 7.97. The third-order valence-electron chi connectivity index (χ3n) is 6.32. The van der Waals surface area contributed by atoms with Gasteiger partial charge in [0.25, 0.3) is 0 Å². The van der Waals surface area contributed by atoms with Crippen LogP contribution in [0.2, 0.25) is 0 Å². The number of hydrogen-bond donors (Lipinski definition) is 0. The third-order valence-corrected chi connectivity index (χ3v) is 6.32. The molecule has 0 spiro atoms. The van der Waals surface area contributed by atoms with E-state index in [4.69, 9.17) is 9.97 Å². The summed E-state index contributed by atoms with van der Waals surface area (Å²) in [5, 5.41) is 2.43. The Balaban J connectivity index is 0.000000221. The molecule has 0 bridgehead atoms. The van der Waals surface area contributed by atoms with Crippen LogP contribution in [0, 0.1) is 27.7 Å². The third kappa shape index (κ3) is 5.86. The van der Waals surface area contributed by atoms with Gasteiger partial charge in [-0.25, -0.2) is 0 Å². The molecule has 0 aliphatic carbocycles. The molecule has 4 aromatic heterocycles. The van der Waals surface area contributed by atoms with E-state index in [-0.39, 0.29) is 17.1 Å². The standard InChI is InChI=1S/C20H24N2.C11H11N2.Cu/c1-11(2)17-9-13(5)15-7-8-16-14(6)10-18(12(3)4)22-20(16)19(15)21-17;1-8-4-3-5-10(12-8)11-7-6-9(2)13-11;/h7-12H,1-6H3;3-7H,1-2H3;/q;-1;+1. The summed E-state index contributed by atoms with van der Waals surface area (Å²) in [6, 6.07) is 18.8. The average molecular weight is 527 g/mol.